The number of rotatable bonds is 4. The van der Waals surface area contributed by atoms with Gasteiger partial charge in [-0.1, -0.05) is 5.16 Å². The van der Waals surface area contributed by atoms with Crippen molar-refractivity contribution in [3.05, 3.63) is 41.7 Å². The SMILES string of the molecule is Cc1cc(C[C@@H]2CN(Cc3nc4ncccc4o3)C[C@H]2O)on1. The van der Waals surface area contributed by atoms with Gasteiger partial charge in [-0.25, -0.2) is 4.98 Å². The minimum Gasteiger partial charge on any atom is -0.438 e. The average molecular weight is 314 g/mol. The van der Waals surface area contributed by atoms with E-state index in [-0.39, 0.29) is 12.0 Å². The van der Waals surface area contributed by atoms with E-state index < -0.39 is 0 Å². The molecule has 7 nitrogen and oxygen atoms in total. The lowest BCUT2D eigenvalue weighted by molar-refractivity contribution is 0.136. The zero-order valence-electron chi connectivity index (χ0n) is 12.8. The largest absolute Gasteiger partial charge is 0.438 e. The van der Waals surface area contributed by atoms with Gasteiger partial charge >= 0.3 is 0 Å². The molecule has 0 aromatic carbocycles. The Morgan fingerprint density at radius 1 is 1.39 bits per heavy atom. The predicted octanol–water partition coefficient (Wildman–Crippen LogP) is 1.55. The number of hydrogen-bond acceptors (Lipinski definition) is 7. The van der Waals surface area contributed by atoms with Gasteiger partial charge in [0.25, 0.3) is 0 Å². The topological polar surface area (TPSA) is 88.4 Å². The molecule has 0 unspecified atom stereocenters. The summed E-state index contributed by atoms with van der Waals surface area (Å²) in [5.74, 6) is 1.58. The number of aliphatic hydroxyl groups excluding tert-OH is 1. The number of aromatic nitrogens is 3. The lowest BCUT2D eigenvalue weighted by atomic mass is 10.0. The molecule has 2 atom stereocenters. The number of aryl methyl sites for hydroxylation is 1. The number of β-amino-alcohol motifs (C(OH)–C–C–N with tert-alkyl or cyclic N) is 1. The maximum absolute atomic E-state index is 10.3. The zero-order valence-corrected chi connectivity index (χ0v) is 12.8. The first-order valence-corrected chi connectivity index (χ1v) is 7.70. The Kier molecular flexibility index (Phi) is 3.59. The summed E-state index contributed by atoms with van der Waals surface area (Å²) in [5.41, 5.74) is 2.18. The van der Waals surface area contributed by atoms with Crippen molar-refractivity contribution in [3.8, 4) is 0 Å². The zero-order chi connectivity index (χ0) is 15.8. The molecule has 120 valence electrons. The summed E-state index contributed by atoms with van der Waals surface area (Å²) in [6.45, 7) is 3.84. The van der Waals surface area contributed by atoms with Gasteiger partial charge in [-0.05, 0) is 19.1 Å². The molecule has 1 saturated heterocycles. The van der Waals surface area contributed by atoms with Crippen LogP contribution in [0.2, 0.25) is 0 Å². The maximum atomic E-state index is 10.3. The molecular formula is C16H18N4O3. The van der Waals surface area contributed by atoms with Crippen molar-refractivity contribution >= 4 is 11.2 Å². The van der Waals surface area contributed by atoms with Crippen LogP contribution in [0.5, 0.6) is 0 Å². The fraction of sp³-hybridized carbons (Fsp3) is 0.438. The second kappa shape index (κ2) is 5.75. The Labute approximate surface area is 132 Å². The van der Waals surface area contributed by atoms with Crippen molar-refractivity contribution < 1.29 is 14.0 Å². The van der Waals surface area contributed by atoms with Gasteiger partial charge in [0.1, 0.15) is 5.76 Å². The van der Waals surface area contributed by atoms with Crippen molar-refractivity contribution in [2.45, 2.75) is 26.0 Å². The molecule has 23 heavy (non-hydrogen) atoms. The highest BCUT2D eigenvalue weighted by molar-refractivity contribution is 5.66. The number of pyridine rings is 1. The van der Waals surface area contributed by atoms with Crippen LogP contribution in [-0.4, -0.2) is 44.3 Å². The van der Waals surface area contributed by atoms with E-state index in [9.17, 15) is 5.11 Å². The molecule has 0 spiro atoms. The molecule has 0 aliphatic carbocycles. The van der Waals surface area contributed by atoms with E-state index in [1.165, 1.54) is 0 Å². The fourth-order valence-electron chi connectivity index (χ4n) is 3.11. The highest BCUT2D eigenvalue weighted by Gasteiger charge is 2.33. The molecule has 3 aromatic heterocycles. The molecule has 3 aromatic rings. The molecule has 1 aliphatic heterocycles. The number of likely N-dealkylation sites (tertiary alicyclic amines) is 1. The quantitative estimate of drug-likeness (QED) is 0.781. The van der Waals surface area contributed by atoms with Gasteiger partial charge in [0, 0.05) is 37.7 Å². The van der Waals surface area contributed by atoms with Crippen LogP contribution in [0.1, 0.15) is 17.3 Å². The highest BCUT2D eigenvalue weighted by Crippen LogP contribution is 2.24. The maximum Gasteiger partial charge on any atom is 0.211 e. The van der Waals surface area contributed by atoms with Gasteiger partial charge in [0.15, 0.2) is 11.2 Å². The van der Waals surface area contributed by atoms with Crippen LogP contribution >= 0.6 is 0 Å². The lowest BCUT2D eigenvalue weighted by Crippen LogP contribution is -2.21. The molecular weight excluding hydrogens is 296 g/mol. The molecule has 4 heterocycles. The molecule has 1 fully saturated rings. The minimum absolute atomic E-state index is 0.129. The summed E-state index contributed by atoms with van der Waals surface area (Å²) in [6, 6.07) is 5.60. The van der Waals surface area contributed by atoms with Crippen molar-refractivity contribution in [2.75, 3.05) is 13.1 Å². The number of hydrogen-bond donors (Lipinski definition) is 1. The van der Waals surface area contributed by atoms with Crippen molar-refractivity contribution in [2.24, 2.45) is 5.92 Å². The number of nitrogens with zero attached hydrogens (tertiary/aromatic N) is 4. The molecule has 0 saturated carbocycles. The summed E-state index contributed by atoms with van der Waals surface area (Å²) in [4.78, 5) is 10.7. The van der Waals surface area contributed by atoms with Crippen LogP contribution < -0.4 is 0 Å². The van der Waals surface area contributed by atoms with E-state index in [1.54, 1.807) is 6.20 Å². The van der Waals surface area contributed by atoms with E-state index in [4.69, 9.17) is 8.94 Å². The van der Waals surface area contributed by atoms with E-state index in [0.29, 0.717) is 36.6 Å². The molecule has 4 rings (SSSR count). The van der Waals surface area contributed by atoms with Gasteiger partial charge in [0.05, 0.1) is 18.3 Å². The van der Waals surface area contributed by atoms with Crippen LogP contribution in [0, 0.1) is 12.8 Å². The standard InChI is InChI=1S/C16H18N4O3/c1-10-5-12(23-19-10)6-11-7-20(8-13(11)21)9-15-18-16-14(22-15)3-2-4-17-16/h2-5,11,13,21H,6-9H2,1H3/t11-,13-/m1/s1. The minimum atomic E-state index is -0.386. The van der Waals surface area contributed by atoms with E-state index >= 15 is 0 Å². The second-order valence-corrected chi connectivity index (χ2v) is 6.09. The molecule has 0 radical (unpaired) electrons. The van der Waals surface area contributed by atoms with Crippen molar-refractivity contribution in [1.82, 2.24) is 20.0 Å². The second-order valence-electron chi connectivity index (χ2n) is 6.09. The first-order chi connectivity index (χ1) is 11.2. The summed E-state index contributed by atoms with van der Waals surface area (Å²) in [7, 11) is 0. The Morgan fingerprint density at radius 2 is 2.30 bits per heavy atom. The van der Waals surface area contributed by atoms with Gasteiger partial charge in [-0.3, -0.25) is 4.90 Å². The smallest absolute Gasteiger partial charge is 0.211 e. The number of oxazole rings is 1. The molecule has 1 N–H and O–H groups in total. The third-order valence-electron chi connectivity index (χ3n) is 4.19. The van der Waals surface area contributed by atoms with E-state index in [0.717, 1.165) is 18.0 Å². The number of fused-ring (bicyclic) bond motifs is 1. The summed E-state index contributed by atoms with van der Waals surface area (Å²) in [6.07, 6.45) is 2.00. The van der Waals surface area contributed by atoms with Crippen LogP contribution in [0.3, 0.4) is 0 Å². The van der Waals surface area contributed by atoms with Crippen LogP contribution in [0.15, 0.2) is 33.3 Å². The van der Waals surface area contributed by atoms with Gasteiger partial charge < -0.3 is 14.0 Å². The van der Waals surface area contributed by atoms with E-state index in [2.05, 4.69) is 20.0 Å². The Bertz CT molecular complexity index is 779. The van der Waals surface area contributed by atoms with Gasteiger partial charge in [0.2, 0.25) is 5.89 Å². The predicted molar refractivity (Wildman–Crippen MR) is 81.5 cm³/mol. The Hall–Kier alpha value is -2.25. The molecule has 7 heteroatoms. The Balaban J connectivity index is 1.42. The molecule has 1 aliphatic rings. The van der Waals surface area contributed by atoms with Crippen LogP contribution in [0.4, 0.5) is 0 Å². The third-order valence-corrected chi connectivity index (χ3v) is 4.19. The Morgan fingerprint density at radius 3 is 3.09 bits per heavy atom. The lowest BCUT2D eigenvalue weighted by Gasteiger charge is -2.12. The van der Waals surface area contributed by atoms with Gasteiger partial charge in [-0.15, -0.1) is 0 Å². The van der Waals surface area contributed by atoms with Crippen molar-refractivity contribution in [3.63, 3.8) is 0 Å². The highest BCUT2D eigenvalue weighted by atomic mass is 16.5. The molecule has 0 amide bonds. The van der Waals surface area contributed by atoms with Crippen molar-refractivity contribution in [1.29, 1.82) is 0 Å². The first kappa shape index (κ1) is 14.3. The summed E-state index contributed by atoms with van der Waals surface area (Å²) in [5, 5.41) is 14.2. The monoisotopic (exact) mass is 314 g/mol. The fourth-order valence-corrected chi connectivity index (χ4v) is 3.11. The summed E-state index contributed by atoms with van der Waals surface area (Å²) < 4.78 is 10.9. The first-order valence-electron chi connectivity index (χ1n) is 7.70. The van der Waals surface area contributed by atoms with Gasteiger partial charge in [-0.2, -0.15) is 4.98 Å². The number of aliphatic hydroxyl groups is 1. The van der Waals surface area contributed by atoms with E-state index in [1.807, 2.05) is 25.1 Å². The van der Waals surface area contributed by atoms with Crippen LogP contribution in [-0.2, 0) is 13.0 Å². The van der Waals surface area contributed by atoms with Crippen LogP contribution in [0.25, 0.3) is 11.2 Å². The normalized spacial score (nSPS) is 22.2. The summed E-state index contributed by atoms with van der Waals surface area (Å²) >= 11 is 0. The average Bonchev–Trinajstić information content (AvgIpc) is 3.19. The molecule has 0 bridgehead atoms. The third kappa shape index (κ3) is 2.97.